The van der Waals surface area contributed by atoms with Crippen LogP contribution in [-0.2, 0) is 4.79 Å². The van der Waals surface area contributed by atoms with Gasteiger partial charge in [0.05, 0.1) is 4.91 Å². The minimum absolute atomic E-state index is 0.145. The zero-order valence-electron chi connectivity index (χ0n) is 17.9. The lowest BCUT2D eigenvalue weighted by molar-refractivity contribution is -0.113. The van der Waals surface area contributed by atoms with Crippen LogP contribution in [-0.4, -0.2) is 55.2 Å². The fourth-order valence-electron chi connectivity index (χ4n) is 3.86. The molecule has 2 aromatic rings. The first-order valence-electron chi connectivity index (χ1n) is 10.7. The number of nitrogens with zero attached hydrogens (tertiary/aromatic N) is 4. The summed E-state index contributed by atoms with van der Waals surface area (Å²) in [5.74, 6) is -0.145. The summed E-state index contributed by atoms with van der Waals surface area (Å²) in [7, 11) is 0. The molecule has 162 valence electrons. The molecule has 0 radical (unpaired) electrons. The predicted molar refractivity (Wildman–Crippen MR) is 133 cm³/mol. The highest BCUT2D eigenvalue weighted by Gasteiger charge is 2.28. The lowest BCUT2D eigenvalue weighted by Gasteiger charge is -2.36. The fraction of sp³-hybridized carbons (Fsp3) is 0.333. The maximum absolute atomic E-state index is 12.5. The second kappa shape index (κ2) is 9.79. The molecule has 0 N–H and O–H groups in total. The van der Waals surface area contributed by atoms with Gasteiger partial charge in [-0.2, -0.15) is 4.99 Å². The van der Waals surface area contributed by atoms with Gasteiger partial charge in [0.15, 0.2) is 5.17 Å². The Balaban J connectivity index is 1.37. The molecule has 0 unspecified atom stereocenters. The molecular weight excluding hydrogens is 428 g/mol. The van der Waals surface area contributed by atoms with Gasteiger partial charge in [0.1, 0.15) is 0 Å². The highest BCUT2D eigenvalue weighted by atomic mass is 35.5. The summed E-state index contributed by atoms with van der Waals surface area (Å²) in [6.07, 6.45) is 1.94. The number of piperazine rings is 1. The molecule has 2 aliphatic rings. The number of amides is 1. The van der Waals surface area contributed by atoms with Gasteiger partial charge in [0, 0.05) is 55.7 Å². The smallest absolute Gasteiger partial charge is 0.286 e. The van der Waals surface area contributed by atoms with Crippen molar-refractivity contribution in [2.75, 3.05) is 49.1 Å². The van der Waals surface area contributed by atoms with Crippen LogP contribution in [0.15, 0.2) is 58.4 Å². The molecule has 1 fully saturated rings. The molecule has 7 heteroatoms. The van der Waals surface area contributed by atoms with Crippen molar-refractivity contribution in [2.24, 2.45) is 4.99 Å². The average Bonchev–Trinajstić information content (AvgIpc) is 3.16. The van der Waals surface area contributed by atoms with Gasteiger partial charge in [0.25, 0.3) is 5.91 Å². The quantitative estimate of drug-likeness (QED) is 0.596. The van der Waals surface area contributed by atoms with Gasteiger partial charge in [-0.3, -0.25) is 4.79 Å². The van der Waals surface area contributed by atoms with Crippen molar-refractivity contribution in [1.29, 1.82) is 0 Å². The van der Waals surface area contributed by atoms with Gasteiger partial charge in [-0.05, 0) is 73.6 Å². The van der Waals surface area contributed by atoms with Crippen molar-refractivity contribution in [1.82, 2.24) is 4.90 Å². The Morgan fingerprint density at radius 1 is 0.968 bits per heavy atom. The third kappa shape index (κ3) is 5.08. The van der Waals surface area contributed by atoms with E-state index in [-0.39, 0.29) is 5.91 Å². The maximum Gasteiger partial charge on any atom is 0.286 e. The van der Waals surface area contributed by atoms with Crippen LogP contribution >= 0.6 is 23.4 Å². The highest BCUT2D eigenvalue weighted by molar-refractivity contribution is 8.18. The molecule has 2 heterocycles. The number of thioether (sulfide) groups is 1. The molecule has 0 aromatic heterocycles. The molecule has 0 bridgehead atoms. The Hall–Kier alpha value is -2.44. The van der Waals surface area contributed by atoms with E-state index in [1.807, 2.05) is 18.2 Å². The first kappa shape index (κ1) is 21.8. The maximum atomic E-state index is 12.5. The summed E-state index contributed by atoms with van der Waals surface area (Å²) < 4.78 is 0. The molecule has 1 saturated heterocycles. The van der Waals surface area contributed by atoms with Crippen molar-refractivity contribution in [3.05, 3.63) is 64.0 Å². The van der Waals surface area contributed by atoms with E-state index in [1.165, 1.54) is 23.1 Å². The highest BCUT2D eigenvalue weighted by Crippen LogP contribution is 2.31. The third-order valence-electron chi connectivity index (χ3n) is 5.67. The number of hydrogen-bond donors (Lipinski definition) is 0. The molecule has 5 nitrogen and oxygen atoms in total. The van der Waals surface area contributed by atoms with Crippen molar-refractivity contribution >= 4 is 51.9 Å². The molecule has 2 aliphatic heterocycles. The summed E-state index contributed by atoms with van der Waals surface area (Å²) in [5.41, 5.74) is 3.40. The minimum Gasteiger partial charge on any atom is -0.372 e. The number of anilines is 2. The van der Waals surface area contributed by atoms with E-state index in [0.29, 0.717) is 4.91 Å². The van der Waals surface area contributed by atoms with Gasteiger partial charge >= 0.3 is 0 Å². The lowest BCUT2D eigenvalue weighted by Crippen LogP contribution is -2.47. The first-order chi connectivity index (χ1) is 15.1. The van der Waals surface area contributed by atoms with Gasteiger partial charge < -0.3 is 14.7 Å². The topological polar surface area (TPSA) is 39.1 Å². The van der Waals surface area contributed by atoms with Crippen LogP contribution in [0.2, 0.25) is 5.02 Å². The first-order valence-corrected chi connectivity index (χ1v) is 11.9. The van der Waals surface area contributed by atoms with Crippen LogP contribution in [0, 0.1) is 0 Å². The second-order valence-electron chi connectivity index (χ2n) is 7.52. The molecule has 0 saturated carbocycles. The molecule has 0 aliphatic carbocycles. The van der Waals surface area contributed by atoms with E-state index in [2.05, 4.69) is 69.9 Å². The number of rotatable bonds is 5. The van der Waals surface area contributed by atoms with E-state index >= 15 is 0 Å². The predicted octanol–water partition coefficient (Wildman–Crippen LogP) is 4.98. The van der Waals surface area contributed by atoms with Crippen LogP contribution in [0.3, 0.4) is 0 Å². The minimum atomic E-state index is -0.145. The summed E-state index contributed by atoms with van der Waals surface area (Å²) in [5, 5.41) is 1.56. The SMILES string of the molecule is CCN(CC)c1ccc(C=C2SC(N3CCN(c4ccc(Cl)cc4)CC3)=NC2=O)cc1. The van der Waals surface area contributed by atoms with Crippen molar-refractivity contribution in [3.8, 4) is 0 Å². The van der Waals surface area contributed by atoms with Gasteiger partial charge in [-0.1, -0.05) is 23.7 Å². The molecular formula is C24H27ClN4OS. The standard InChI is InChI=1S/C24H27ClN4OS/c1-3-27(4-2)20-9-5-18(6-10-20)17-22-23(30)26-24(31-22)29-15-13-28(14-16-29)21-11-7-19(25)8-12-21/h5-12,17H,3-4,13-16H2,1-2H3. The number of aliphatic imine (C=N–C) groups is 1. The number of carbonyl (C=O) groups excluding carboxylic acids is 1. The van der Waals surface area contributed by atoms with Gasteiger partial charge in [-0.25, -0.2) is 0 Å². The normalized spacial score (nSPS) is 18.0. The van der Waals surface area contributed by atoms with Crippen molar-refractivity contribution in [3.63, 3.8) is 0 Å². The summed E-state index contributed by atoms with van der Waals surface area (Å²) >= 11 is 7.48. The van der Waals surface area contributed by atoms with Crippen LogP contribution in [0.4, 0.5) is 11.4 Å². The Morgan fingerprint density at radius 3 is 2.19 bits per heavy atom. The van der Waals surface area contributed by atoms with Gasteiger partial charge in [0.2, 0.25) is 0 Å². The Morgan fingerprint density at radius 2 is 1.58 bits per heavy atom. The Bertz CT molecular complexity index is 976. The average molecular weight is 455 g/mol. The molecule has 0 atom stereocenters. The van der Waals surface area contributed by atoms with E-state index in [9.17, 15) is 4.79 Å². The van der Waals surface area contributed by atoms with E-state index in [1.54, 1.807) is 0 Å². The summed E-state index contributed by atoms with van der Waals surface area (Å²) in [6, 6.07) is 16.3. The third-order valence-corrected chi connectivity index (χ3v) is 6.97. The number of carbonyl (C=O) groups is 1. The lowest BCUT2D eigenvalue weighted by atomic mass is 10.2. The zero-order valence-corrected chi connectivity index (χ0v) is 19.5. The fourth-order valence-corrected chi connectivity index (χ4v) is 4.95. The summed E-state index contributed by atoms with van der Waals surface area (Å²) in [4.78, 5) is 24.3. The second-order valence-corrected chi connectivity index (χ2v) is 8.97. The molecule has 31 heavy (non-hydrogen) atoms. The van der Waals surface area contributed by atoms with Gasteiger partial charge in [-0.15, -0.1) is 0 Å². The van der Waals surface area contributed by atoms with Crippen LogP contribution in [0.1, 0.15) is 19.4 Å². The van der Waals surface area contributed by atoms with Crippen LogP contribution in [0.5, 0.6) is 0 Å². The van der Waals surface area contributed by atoms with E-state index < -0.39 is 0 Å². The summed E-state index contributed by atoms with van der Waals surface area (Å²) in [6.45, 7) is 9.73. The van der Waals surface area contributed by atoms with Crippen molar-refractivity contribution < 1.29 is 4.79 Å². The molecule has 1 amide bonds. The van der Waals surface area contributed by atoms with E-state index in [0.717, 1.165) is 55.0 Å². The zero-order chi connectivity index (χ0) is 21.8. The number of benzene rings is 2. The monoisotopic (exact) mass is 454 g/mol. The molecule has 2 aromatic carbocycles. The van der Waals surface area contributed by atoms with E-state index in [4.69, 9.17) is 11.6 Å². The number of halogens is 1. The number of hydrogen-bond acceptors (Lipinski definition) is 5. The molecule has 4 rings (SSSR count). The molecule has 0 spiro atoms. The van der Waals surface area contributed by atoms with Crippen molar-refractivity contribution in [2.45, 2.75) is 13.8 Å². The van der Waals surface area contributed by atoms with Crippen LogP contribution < -0.4 is 9.80 Å². The number of amidine groups is 1. The Labute approximate surface area is 193 Å². The Kier molecular flexibility index (Phi) is 6.88. The largest absolute Gasteiger partial charge is 0.372 e. The van der Waals surface area contributed by atoms with Crippen LogP contribution in [0.25, 0.3) is 6.08 Å².